The molecule has 1 aliphatic heterocycles. The van der Waals surface area contributed by atoms with E-state index in [4.69, 9.17) is 16.3 Å². The minimum absolute atomic E-state index is 0. The number of halogens is 2. The van der Waals surface area contributed by atoms with Crippen molar-refractivity contribution in [2.75, 3.05) is 26.7 Å². The number of rotatable bonds is 7. The van der Waals surface area contributed by atoms with E-state index in [2.05, 4.69) is 22.3 Å². The third-order valence-electron chi connectivity index (χ3n) is 5.22. The van der Waals surface area contributed by atoms with Gasteiger partial charge in [-0.15, -0.1) is 12.4 Å². The van der Waals surface area contributed by atoms with Crippen molar-refractivity contribution in [3.8, 4) is 0 Å². The highest BCUT2D eigenvalue weighted by molar-refractivity contribution is 6.30. The van der Waals surface area contributed by atoms with Gasteiger partial charge in [0, 0.05) is 24.2 Å². The number of piperidine rings is 1. The zero-order chi connectivity index (χ0) is 19.1. The molecule has 0 aromatic heterocycles. The fourth-order valence-electron chi connectivity index (χ4n) is 3.67. The van der Waals surface area contributed by atoms with E-state index in [1.165, 1.54) is 12.7 Å². The summed E-state index contributed by atoms with van der Waals surface area (Å²) in [4.78, 5) is 14.7. The summed E-state index contributed by atoms with van der Waals surface area (Å²) in [6.45, 7) is 3.78. The summed E-state index contributed by atoms with van der Waals surface area (Å²) in [6, 6.07) is 16.3. The second-order valence-corrected chi connectivity index (χ2v) is 7.41. The highest BCUT2D eigenvalue weighted by Crippen LogP contribution is 2.20. The Hall–Kier alpha value is -1.59. The molecule has 1 fully saturated rings. The lowest BCUT2D eigenvalue weighted by molar-refractivity contribution is 0.0597. The van der Waals surface area contributed by atoms with Gasteiger partial charge in [0.2, 0.25) is 0 Å². The van der Waals surface area contributed by atoms with Crippen molar-refractivity contribution in [1.29, 1.82) is 0 Å². The molecule has 2 aromatic carbocycles. The van der Waals surface area contributed by atoms with Gasteiger partial charge in [-0.2, -0.15) is 0 Å². The number of nitrogens with one attached hydrogen (secondary N) is 1. The van der Waals surface area contributed by atoms with Crippen molar-refractivity contribution in [2.24, 2.45) is 0 Å². The van der Waals surface area contributed by atoms with Crippen LogP contribution in [0.25, 0.3) is 0 Å². The van der Waals surface area contributed by atoms with Gasteiger partial charge < -0.3 is 10.1 Å². The molecule has 0 unspecified atom stereocenters. The van der Waals surface area contributed by atoms with E-state index in [0.717, 1.165) is 56.0 Å². The van der Waals surface area contributed by atoms with Crippen LogP contribution < -0.4 is 5.32 Å². The molecule has 0 atom stereocenters. The van der Waals surface area contributed by atoms with Crippen LogP contribution in [0.1, 0.15) is 34.3 Å². The van der Waals surface area contributed by atoms with Crippen molar-refractivity contribution in [2.45, 2.75) is 31.8 Å². The third kappa shape index (κ3) is 6.21. The Bertz CT molecular complexity index is 746. The summed E-state index contributed by atoms with van der Waals surface area (Å²) in [5, 5.41) is 4.20. The maximum absolute atomic E-state index is 12.1. The lowest BCUT2D eigenvalue weighted by Gasteiger charge is -2.35. The van der Waals surface area contributed by atoms with Crippen molar-refractivity contribution in [1.82, 2.24) is 10.2 Å². The molecule has 3 rings (SSSR count). The molecule has 0 amide bonds. The Morgan fingerprint density at radius 3 is 2.50 bits per heavy atom. The molecule has 0 bridgehead atoms. The van der Waals surface area contributed by atoms with Crippen LogP contribution in [0.5, 0.6) is 0 Å². The number of methoxy groups -OCH3 is 1. The highest BCUT2D eigenvalue weighted by atomic mass is 35.5. The van der Waals surface area contributed by atoms with E-state index < -0.39 is 0 Å². The lowest BCUT2D eigenvalue weighted by atomic mass is 10.0. The quantitative estimate of drug-likeness (QED) is 0.673. The second kappa shape index (κ2) is 11.4. The Labute approximate surface area is 178 Å². The molecule has 1 heterocycles. The van der Waals surface area contributed by atoms with Crippen LogP contribution in [0.2, 0.25) is 5.02 Å². The SMILES string of the molecule is COC(=O)c1ccccc1CN(CCc1ccc(Cl)cc1)C1CCNCC1.Cl. The van der Waals surface area contributed by atoms with Gasteiger partial charge in [0.05, 0.1) is 12.7 Å². The molecule has 1 saturated heterocycles. The van der Waals surface area contributed by atoms with Gasteiger partial charge in [-0.05, 0) is 61.7 Å². The zero-order valence-corrected chi connectivity index (χ0v) is 17.8. The number of nitrogens with zero attached hydrogens (tertiary/aromatic N) is 1. The van der Waals surface area contributed by atoms with Gasteiger partial charge in [-0.3, -0.25) is 4.90 Å². The number of hydrogen-bond donors (Lipinski definition) is 1. The molecule has 0 radical (unpaired) electrons. The monoisotopic (exact) mass is 422 g/mol. The van der Waals surface area contributed by atoms with E-state index in [-0.39, 0.29) is 18.4 Å². The first-order valence-corrected chi connectivity index (χ1v) is 9.90. The van der Waals surface area contributed by atoms with Crippen LogP contribution in [-0.2, 0) is 17.7 Å². The average molecular weight is 423 g/mol. The third-order valence-corrected chi connectivity index (χ3v) is 5.47. The van der Waals surface area contributed by atoms with Crippen LogP contribution in [0.4, 0.5) is 0 Å². The number of carbonyl (C=O) groups is 1. The molecule has 1 aliphatic rings. The number of hydrogen-bond acceptors (Lipinski definition) is 4. The first-order valence-electron chi connectivity index (χ1n) is 9.53. The molecule has 0 aliphatic carbocycles. The van der Waals surface area contributed by atoms with Gasteiger partial charge in [0.15, 0.2) is 0 Å². The first kappa shape index (κ1) is 22.7. The van der Waals surface area contributed by atoms with E-state index >= 15 is 0 Å². The summed E-state index contributed by atoms with van der Waals surface area (Å²) in [7, 11) is 1.43. The number of ether oxygens (including phenoxy) is 1. The Morgan fingerprint density at radius 1 is 1.14 bits per heavy atom. The summed E-state index contributed by atoms with van der Waals surface area (Å²) in [6.07, 6.45) is 3.21. The average Bonchev–Trinajstić information content (AvgIpc) is 2.72. The van der Waals surface area contributed by atoms with E-state index in [1.807, 2.05) is 36.4 Å². The van der Waals surface area contributed by atoms with Gasteiger partial charge in [0.25, 0.3) is 0 Å². The van der Waals surface area contributed by atoms with Gasteiger partial charge in [-0.25, -0.2) is 4.79 Å². The van der Waals surface area contributed by atoms with Crippen LogP contribution in [-0.4, -0.2) is 43.7 Å². The van der Waals surface area contributed by atoms with Crippen LogP contribution >= 0.6 is 24.0 Å². The largest absolute Gasteiger partial charge is 0.465 e. The molecular weight excluding hydrogens is 395 g/mol. The maximum atomic E-state index is 12.1. The fourth-order valence-corrected chi connectivity index (χ4v) is 3.80. The Balaban J connectivity index is 0.00000280. The molecule has 2 aromatic rings. The second-order valence-electron chi connectivity index (χ2n) is 6.98. The lowest BCUT2D eigenvalue weighted by Crippen LogP contribution is -2.43. The minimum atomic E-state index is -0.270. The van der Waals surface area contributed by atoms with Crippen LogP contribution in [0.15, 0.2) is 48.5 Å². The van der Waals surface area contributed by atoms with Crippen molar-refractivity contribution in [3.05, 3.63) is 70.2 Å². The molecule has 6 heteroatoms. The summed E-state index contributed by atoms with van der Waals surface area (Å²) < 4.78 is 4.96. The minimum Gasteiger partial charge on any atom is -0.465 e. The van der Waals surface area contributed by atoms with Crippen molar-refractivity contribution >= 4 is 30.0 Å². The topological polar surface area (TPSA) is 41.6 Å². The van der Waals surface area contributed by atoms with Gasteiger partial charge in [-0.1, -0.05) is 41.9 Å². The Kier molecular flexibility index (Phi) is 9.26. The number of benzene rings is 2. The van der Waals surface area contributed by atoms with E-state index in [1.54, 1.807) is 0 Å². The summed E-state index contributed by atoms with van der Waals surface area (Å²) >= 11 is 6.00. The predicted molar refractivity (Wildman–Crippen MR) is 116 cm³/mol. The van der Waals surface area contributed by atoms with Crippen LogP contribution in [0, 0.1) is 0 Å². The standard InChI is InChI=1S/C22H27ClN2O2.ClH/c1-27-22(26)21-5-3-2-4-18(21)16-25(20-10-13-24-14-11-20)15-12-17-6-8-19(23)9-7-17;/h2-9,20,24H,10-16H2,1H3;1H. The van der Waals surface area contributed by atoms with E-state index in [9.17, 15) is 4.79 Å². The number of carbonyl (C=O) groups excluding carboxylic acids is 1. The molecule has 0 spiro atoms. The Morgan fingerprint density at radius 2 is 1.82 bits per heavy atom. The van der Waals surface area contributed by atoms with Gasteiger partial charge >= 0.3 is 5.97 Å². The van der Waals surface area contributed by atoms with Crippen molar-refractivity contribution in [3.63, 3.8) is 0 Å². The normalized spacial score (nSPS) is 14.5. The molecular formula is C22H28Cl2N2O2. The fraction of sp³-hybridized carbons (Fsp3) is 0.409. The smallest absolute Gasteiger partial charge is 0.338 e. The molecule has 28 heavy (non-hydrogen) atoms. The molecule has 0 saturated carbocycles. The molecule has 4 nitrogen and oxygen atoms in total. The van der Waals surface area contributed by atoms with Crippen molar-refractivity contribution < 1.29 is 9.53 Å². The van der Waals surface area contributed by atoms with Gasteiger partial charge in [0.1, 0.15) is 0 Å². The summed E-state index contributed by atoms with van der Waals surface area (Å²) in [5.41, 5.74) is 2.96. The molecule has 1 N–H and O–H groups in total. The highest BCUT2D eigenvalue weighted by Gasteiger charge is 2.23. The van der Waals surface area contributed by atoms with E-state index in [0.29, 0.717) is 11.6 Å². The predicted octanol–water partition coefficient (Wildman–Crippen LogP) is 4.35. The number of esters is 1. The molecule has 152 valence electrons. The maximum Gasteiger partial charge on any atom is 0.338 e. The first-order chi connectivity index (χ1) is 13.2. The van der Waals surface area contributed by atoms with Crippen LogP contribution in [0.3, 0.4) is 0 Å². The summed E-state index contributed by atoms with van der Waals surface area (Å²) in [5.74, 6) is -0.270. The zero-order valence-electron chi connectivity index (χ0n) is 16.2.